The first-order valence-corrected chi connectivity index (χ1v) is 4.85. The summed E-state index contributed by atoms with van der Waals surface area (Å²) in [6.07, 6.45) is 2.23. The molecule has 15 heavy (non-hydrogen) atoms. The van der Waals surface area contributed by atoms with Gasteiger partial charge in [0, 0.05) is 12.0 Å². The van der Waals surface area contributed by atoms with Gasteiger partial charge in [0.05, 0.1) is 12.8 Å². The summed E-state index contributed by atoms with van der Waals surface area (Å²) >= 11 is 0. The van der Waals surface area contributed by atoms with Crippen LogP contribution in [0.5, 0.6) is 0 Å². The minimum atomic E-state index is -0.461. The first kappa shape index (κ1) is 9.89. The van der Waals surface area contributed by atoms with Crippen LogP contribution in [-0.4, -0.2) is 22.9 Å². The first-order chi connectivity index (χ1) is 7.20. The van der Waals surface area contributed by atoms with Gasteiger partial charge in [0.1, 0.15) is 6.54 Å². The maximum absolute atomic E-state index is 11.4. The van der Waals surface area contributed by atoms with Gasteiger partial charge in [-0.05, 0) is 18.9 Å². The van der Waals surface area contributed by atoms with Gasteiger partial charge in [-0.1, -0.05) is 0 Å². The average Bonchev–Trinajstić information content (AvgIpc) is 3.04. The molecular weight excluding hydrogens is 196 g/mol. The van der Waals surface area contributed by atoms with E-state index in [2.05, 4.69) is 9.84 Å². The Morgan fingerprint density at radius 2 is 2.33 bits per heavy atom. The Morgan fingerprint density at radius 3 is 2.93 bits per heavy atom. The summed E-state index contributed by atoms with van der Waals surface area (Å²) in [5.41, 5.74) is 0.614. The van der Waals surface area contributed by atoms with E-state index in [9.17, 15) is 9.59 Å². The van der Waals surface area contributed by atoms with Gasteiger partial charge in [0.2, 0.25) is 0 Å². The third kappa shape index (κ3) is 2.23. The van der Waals surface area contributed by atoms with Crippen molar-refractivity contribution in [2.24, 2.45) is 0 Å². The van der Waals surface area contributed by atoms with Gasteiger partial charge in [-0.2, -0.15) is 5.10 Å². The predicted molar refractivity (Wildman–Crippen MR) is 52.5 cm³/mol. The molecule has 2 rings (SSSR count). The fourth-order valence-electron chi connectivity index (χ4n) is 1.36. The van der Waals surface area contributed by atoms with E-state index in [1.54, 1.807) is 6.07 Å². The second kappa shape index (κ2) is 3.84. The number of rotatable bonds is 3. The Morgan fingerprint density at radius 1 is 1.60 bits per heavy atom. The quantitative estimate of drug-likeness (QED) is 0.670. The van der Waals surface area contributed by atoms with Crippen molar-refractivity contribution in [2.45, 2.75) is 25.3 Å². The van der Waals surface area contributed by atoms with E-state index in [4.69, 9.17) is 0 Å². The van der Waals surface area contributed by atoms with Gasteiger partial charge in [0.25, 0.3) is 5.56 Å². The number of hydrogen-bond acceptors (Lipinski definition) is 4. The summed E-state index contributed by atoms with van der Waals surface area (Å²) in [4.78, 5) is 22.4. The van der Waals surface area contributed by atoms with E-state index >= 15 is 0 Å². The van der Waals surface area contributed by atoms with Gasteiger partial charge in [-0.25, -0.2) is 4.68 Å². The summed E-state index contributed by atoms with van der Waals surface area (Å²) in [5.74, 6) is 0.00652. The molecule has 80 valence electrons. The lowest BCUT2D eigenvalue weighted by Gasteiger charge is -2.04. The summed E-state index contributed by atoms with van der Waals surface area (Å²) in [6.45, 7) is -0.115. The predicted octanol–water partition coefficient (Wildman–Crippen LogP) is 0.294. The first-order valence-electron chi connectivity index (χ1n) is 4.85. The van der Waals surface area contributed by atoms with Crippen molar-refractivity contribution in [1.29, 1.82) is 0 Å². The summed E-state index contributed by atoms with van der Waals surface area (Å²) in [5, 5.41) is 4.13. The van der Waals surface area contributed by atoms with E-state index in [1.807, 2.05) is 0 Å². The van der Waals surface area contributed by atoms with E-state index < -0.39 is 5.97 Å². The largest absolute Gasteiger partial charge is 0.468 e. The van der Waals surface area contributed by atoms with Gasteiger partial charge in [-0.15, -0.1) is 0 Å². The zero-order valence-electron chi connectivity index (χ0n) is 8.47. The van der Waals surface area contributed by atoms with Crippen molar-refractivity contribution in [3.8, 4) is 0 Å². The molecule has 0 spiro atoms. The highest BCUT2D eigenvalue weighted by Crippen LogP contribution is 2.38. The van der Waals surface area contributed by atoms with Crippen molar-refractivity contribution < 1.29 is 9.53 Å². The van der Waals surface area contributed by atoms with Crippen LogP contribution in [0.1, 0.15) is 24.5 Å². The van der Waals surface area contributed by atoms with Crippen molar-refractivity contribution in [3.63, 3.8) is 0 Å². The molecule has 5 nitrogen and oxygen atoms in total. The zero-order chi connectivity index (χ0) is 10.8. The molecule has 1 fully saturated rings. The van der Waals surface area contributed by atoms with Crippen LogP contribution in [0.15, 0.2) is 16.9 Å². The summed E-state index contributed by atoms with van der Waals surface area (Å²) < 4.78 is 5.64. The normalized spacial score (nSPS) is 15.0. The molecule has 1 aliphatic carbocycles. The molecule has 0 aromatic carbocycles. The number of methoxy groups -OCH3 is 1. The topological polar surface area (TPSA) is 61.2 Å². The number of nitrogens with zero attached hydrogens (tertiary/aromatic N) is 2. The molecule has 1 aromatic rings. The standard InChI is InChI=1S/C10H12N2O3/c1-15-10(14)6-12-9(13)5-4-8(11-12)7-2-3-7/h4-5,7H,2-3,6H2,1H3. The van der Waals surface area contributed by atoms with Gasteiger partial charge < -0.3 is 4.74 Å². The Labute approximate surface area is 86.7 Å². The number of ether oxygens (including phenoxy) is 1. The Kier molecular flexibility index (Phi) is 2.53. The Bertz CT molecular complexity index is 435. The molecular formula is C10H12N2O3. The maximum atomic E-state index is 11.4. The van der Waals surface area contributed by atoms with Crippen LogP contribution in [0.2, 0.25) is 0 Å². The van der Waals surface area contributed by atoms with Crippen LogP contribution in [0.3, 0.4) is 0 Å². The minimum absolute atomic E-state index is 0.115. The molecule has 0 amide bonds. The highest BCUT2D eigenvalue weighted by molar-refractivity contribution is 5.68. The molecule has 1 aromatic heterocycles. The molecule has 0 N–H and O–H groups in total. The second-order valence-corrected chi connectivity index (χ2v) is 3.60. The van der Waals surface area contributed by atoms with Crippen molar-refractivity contribution >= 4 is 5.97 Å². The molecule has 0 saturated heterocycles. The smallest absolute Gasteiger partial charge is 0.327 e. The lowest BCUT2D eigenvalue weighted by Crippen LogP contribution is -2.27. The van der Waals surface area contributed by atoms with E-state index in [0.717, 1.165) is 23.2 Å². The lowest BCUT2D eigenvalue weighted by atomic mass is 10.3. The molecule has 0 aliphatic heterocycles. The second-order valence-electron chi connectivity index (χ2n) is 3.60. The average molecular weight is 208 g/mol. The minimum Gasteiger partial charge on any atom is -0.468 e. The highest BCUT2D eigenvalue weighted by Gasteiger charge is 2.25. The monoisotopic (exact) mass is 208 g/mol. The Hall–Kier alpha value is -1.65. The zero-order valence-corrected chi connectivity index (χ0v) is 8.47. The summed E-state index contributed by atoms with van der Waals surface area (Å²) in [7, 11) is 1.29. The number of esters is 1. The van der Waals surface area contributed by atoms with Crippen LogP contribution in [0.4, 0.5) is 0 Å². The molecule has 0 bridgehead atoms. The SMILES string of the molecule is COC(=O)Cn1nc(C2CC2)ccc1=O. The Balaban J connectivity index is 2.24. The van der Waals surface area contributed by atoms with Gasteiger partial charge >= 0.3 is 5.97 Å². The fourth-order valence-corrected chi connectivity index (χ4v) is 1.36. The van der Waals surface area contributed by atoms with Crippen LogP contribution < -0.4 is 5.56 Å². The van der Waals surface area contributed by atoms with Crippen LogP contribution >= 0.6 is 0 Å². The van der Waals surface area contributed by atoms with Crippen molar-refractivity contribution in [1.82, 2.24) is 9.78 Å². The number of carbonyl (C=O) groups excluding carboxylic acids is 1. The summed E-state index contributed by atoms with van der Waals surface area (Å²) in [6, 6.07) is 3.18. The molecule has 1 aliphatic rings. The highest BCUT2D eigenvalue weighted by atomic mass is 16.5. The van der Waals surface area contributed by atoms with Gasteiger partial charge in [-0.3, -0.25) is 9.59 Å². The molecule has 1 heterocycles. The third-order valence-corrected chi connectivity index (χ3v) is 2.39. The fraction of sp³-hybridized carbons (Fsp3) is 0.500. The third-order valence-electron chi connectivity index (χ3n) is 2.39. The van der Waals surface area contributed by atoms with E-state index in [0.29, 0.717) is 5.92 Å². The van der Waals surface area contributed by atoms with Crippen LogP contribution in [-0.2, 0) is 16.1 Å². The van der Waals surface area contributed by atoms with Crippen LogP contribution in [0.25, 0.3) is 0 Å². The lowest BCUT2D eigenvalue weighted by molar-refractivity contribution is -0.141. The number of hydrogen-bond donors (Lipinski definition) is 0. The molecule has 5 heteroatoms. The molecule has 0 radical (unpaired) electrons. The van der Waals surface area contributed by atoms with Crippen LogP contribution in [0, 0.1) is 0 Å². The maximum Gasteiger partial charge on any atom is 0.327 e. The molecule has 0 unspecified atom stereocenters. The molecule has 0 atom stereocenters. The molecule has 1 saturated carbocycles. The number of carbonyl (C=O) groups is 1. The van der Waals surface area contributed by atoms with E-state index in [-0.39, 0.29) is 12.1 Å². The van der Waals surface area contributed by atoms with Gasteiger partial charge in [0.15, 0.2) is 0 Å². The van der Waals surface area contributed by atoms with Crippen molar-refractivity contribution in [2.75, 3.05) is 7.11 Å². The van der Waals surface area contributed by atoms with Crippen molar-refractivity contribution in [3.05, 3.63) is 28.2 Å². The van der Waals surface area contributed by atoms with E-state index in [1.165, 1.54) is 13.2 Å². The number of aromatic nitrogens is 2.